The van der Waals surface area contributed by atoms with E-state index < -0.39 is 0 Å². The van der Waals surface area contributed by atoms with Crippen molar-refractivity contribution in [2.45, 2.75) is 37.5 Å². The van der Waals surface area contributed by atoms with Gasteiger partial charge in [-0.25, -0.2) is 0 Å². The van der Waals surface area contributed by atoms with Gasteiger partial charge in [-0.1, -0.05) is 25.0 Å². The number of hydrogen-bond donors (Lipinski definition) is 1. The van der Waals surface area contributed by atoms with Crippen LogP contribution in [0.1, 0.15) is 37.7 Å². The maximum Gasteiger partial charge on any atom is 0.230 e. The average molecular weight is 273 g/mol. The molecule has 1 aliphatic heterocycles. The van der Waals surface area contributed by atoms with E-state index in [0.717, 1.165) is 37.0 Å². The molecule has 4 nitrogen and oxygen atoms in total. The van der Waals surface area contributed by atoms with Crippen molar-refractivity contribution >= 4 is 11.8 Å². The number of benzene rings is 1. The molecular formula is C16H19NO3. The second-order valence-corrected chi connectivity index (χ2v) is 5.78. The minimum Gasteiger partial charge on any atom is -0.497 e. The number of piperidine rings is 1. The van der Waals surface area contributed by atoms with E-state index >= 15 is 0 Å². The molecule has 2 fully saturated rings. The molecule has 1 heterocycles. The van der Waals surface area contributed by atoms with E-state index in [2.05, 4.69) is 5.32 Å². The van der Waals surface area contributed by atoms with Crippen molar-refractivity contribution in [3.05, 3.63) is 29.8 Å². The standard InChI is InChI=1S/C16H19NO3/c1-20-12-6-4-5-11(9-12)16-8-3-2-7-13(16)15(19)17-14(18)10-16/h4-6,9,13H,2-3,7-8,10H2,1H3,(H,17,18,19)/t13-,16-/m1/s1. The number of amides is 2. The minimum atomic E-state index is -0.341. The number of imide groups is 1. The fourth-order valence-electron chi connectivity index (χ4n) is 3.77. The van der Waals surface area contributed by atoms with Gasteiger partial charge in [0.05, 0.1) is 7.11 Å². The normalized spacial score (nSPS) is 29.6. The van der Waals surface area contributed by atoms with Crippen LogP contribution in [0.4, 0.5) is 0 Å². The van der Waals surface area contributed by atoms with Crippen LogP contribution < -0.4 is 10.1 Å². The quantitative estimate of drug-likeness (QED) is 0.840. The maximum absolute atomic E-state index is 12.2. The third kappa shape index (κ3) is 1.99. The fourth-order valence-corrected chi connectivity index (χ4v) is 3.77. The molecule has 2 atom stereocenters. The molecule has 0 spiro atoms. The highest BCUT2D eigenvalue weighted by molar-refractivity contribution is 6.00. The number of hydrogen-bond acceptors (Lipinski definition) is 3. The molecule has 1 aliphatic carbocycles. The maximum atomic E-state index is 12.2. The molecule has 2 aliphatic rings. The molecule has 0 bridgehead atoms. The van der Waals surface area contributed by atoms with Crippen LogP contribution in [-0.2, 0) is 15.0 Å². The van der Waals surface area contributed by atoms with E-state index in [1.807, 2.05) is 24.3 Å². The summed E-state index contributed by atoms with van der Waals surface area (Å²) in [4.78, 5) is 24.1. The summed E-state index contributed by atoms with van der Waals surface area (Å²) in [5.41, 5.74) is 0.719. The molecule has 0 unspecified atom stereocenters. The van der Waals surface area contributed by atoms with Gasteiger partial charge in [0, 0.05) is 17.8 Å². The minimum absolute atomic E-state index is 0.0962. The van der Waals surface area contributed by atoms with Gasteiger partial charge in [-0.05, 0) is 30.5 Å². The molecule has 2 amide bonds. The predicted octanol–water partition coefficient (Wildman–Crippen LogP) is 2.17. The van der Waals surface area contributed by atoms with Crippen molar-refractivity contribution in [1.29, 1.82) is 0 Å². The van der Waals surface area contributed by atoms with Crippen molar-refractivity contribution in [1.82, 2.24) is 5.32 Å². The lowest BCUT2D eigenvalue weighted by Gasteiger charge is -2.46. The predicted molar refractivity (Wildman–Crippen MR) is 74.4 cm³/mol. The summed E-state index contributed by atoms with van der Waals surface area (Å²) in [5, 5.41) is 2.49. The number of nitrogens with one attached hydrogen (secondary N) is 1. The molecule has 1 aromatic carbocycles. The summed E-state index contributed by atoms with van der Waals surface area (Å²) in [5.74, 6) is 0.417. The van der Waals surface area contributed by atoms with Gasteiger partial charge < -0.3 is 4.74 Å². The van der Waals surface area contributed by atoms with Crippen LogP contribution in [0.3, 0.4) is 0 Å². The molecule has 1 saturated heterocycles. The molecule has 1 N–H and O–H groups in total. The van der Waals surface area contributed by atoms with Crippen LogP contribution in [0, 0.1) is 5.92 Å². The SMILES string of the molecule is COc1cccc([C@]23CCCC[C@@H]2C(=O)NC(=O)C3)c1. The van der Waals surface area contributed by atoms with Gasteiger partial charge in [0.15, 0.2) is 0 Å². The molecule has 106 valence electrons. The largest absolute Gasteiger partial charge is 0.497 e. The summed E-state index contributed by atoms with van der Waals surface area (Å²) in [6, 6.07) is 7.82. The highest BCUT2D eigenvalue weighted by atomic mass is 16.5. The van der Waals surface area contributed by atoms with Gasteiger partial charge in [0.2, 0.25) is 11.8 Å². The van der Waals surface area contributed by atoms with Crippen LogP contribution in [0.5, 0.6) is 5.75 Å². The number of methoxy groups -OCH3 is 1. The first-order chi connectivity index (χ1) is 9.65. The highest BCUT2D eigenvalue weighted by Crippen LogP contribution is 2.48. The van der Waals surface area contributed by atoms with E-state index in [4.69, 9.17) is 4.74 Å². The Morgan fingerprint density at radius 3 is 2.95 bits per heavy atom. The molecule has 20 heavy (non-hydrogen) atoms. The first-order valence-electron chi connectivity index (χ1n) is 7.14. The molecule has 0 radical (unpaired) electrons. The topological polar surface area (TPSA) is 55.4 Å². The van der Waals surface area contributed by atoms with E-state index in [1.54, 1.807) is 7.11 Å². The third-order valence-electron chi connectivity index (χ3n) is 4.73. The van der Waals surface area contributed by atoms with Crippen LogP contribution in [-0.4, -0.2) is 18.9 Å². The van der Waals surface area contributed by atoms with E-state index in [9.17, 15) is 9.59 Å². The molecule has 3 rings (SSSR count). The Bertz CT molecular complexity index is 554. The number of carbonyl (C=O) groups excluding carboxylic acids is 2. The molecule has 0 aromatic heterocycles. The Labute approximate surface area is 118 Å². The Morgan fingerprint density at radius 2 is 2.15 bits per heavy atom. The Kier molecular flexibility index (Phi) is 3.24. The lowest BCUT2D eigenvalue weighted by Crippen LogP contribution is -2.55. The first-order valence-corrected chi connectivity index (χ1v) is 7.14. The lowest BCUT2D eigenvalue weighted by molar-refractivity contribution is -0.141. The number of ether oxygens (including phenoxy) is 1. The summed E-state index contributed by atoms with van der Waals surface area (Å²) in [6.45, 7) is 0. The van der Waals surface area contributed by atoms with Gasteiger partial charge in [0.25, 0.3) is 0 Å². The van der Waals surface area contributed by atoms with Crippen molar-refractivity contribution in [2.24, 2.45) is 5.92 Å². The van der Waals surface area contributed by atoms with Gasteiger partial charge in [0.1, 0.15) is 5.75 Å². The Hall–Kier alpha value is -1.84. The first kappa shape index (κ1) is 13.2. The van der Waals surface area contributed by atoms with Gasteiger partial charge >= 0.3 is 0 Å². The summed E-state index contributed by atoms with van der Waals surface area (Å²) >= 11 is 0. The van der Waals surface area contributed by atoms with Crippen LogP contribution in [0.25, 0.3) is 0 Å². The average Bonchev–Trinajstić information content (AvgIpc) is 2.47. The number of rotatable bonds is 2. The second kappa shape index (κ2) is 4.93. The van der Waals surface area contributed by atoms with Crippen LogP contribution in [0.15, 0.2) is 24.3 Å². The monoisotopic (exact) mass is 273 g/mol. The van der Waals surface area contributed by atoms with Crippen LogP contribution >= 0.6 is 0 Å². The van der Waals surface area contributed by atoms with Crippen molar-refractivity contribution in [3.63, 3.8) is 0 Å². The Morgan fingerprint density at radius 1 is 1.30 bits per heavy atom. The van der Waals surface area contributed by atoms with Crippen molar-refractivity contribution < 1.29 is 14.3 Å². The molecule has 4 heteroatoms. The second-order valence-electron chi connectivity index (χ2n) is 5.78. The van der Waals surface area contributed by atoms with Crippen molar-refractivity contribution in [3.8, 4) is 5.75 Å². The summed E-state index contributed by atoms with van der Waals surface area (Å²) in [7, 11) is 1.63. The highest BCUT2D eigenvalue weighted by Gasteiger charge is 2.50. The van der Waals surface area contributed by atoms with E-state index in [0.29, 0.717) is 6.42 Å². The van der Waals surface area contributed by atoms with E-state index in [-0.39, 0.29) is 23.1 Å². The smallest absolute Gasteiger partial charge is 0.230 e. The van der Waals surface area contributed by atoms with Gasteiger partial charge in [-0.2, -0.15) is 0 Å². The molecule has 1 saturated carbocycles. The zero-order valence-electron chi connectivity index (χ0n) is 11.6. The summed E-state index contributed by atoms with van der Waals surface area (Å²) in [6.07, 6.45) is 4.27. The zero-order chi connectivity index (χ0) is 14.2. The summed E-state index contributed by atoms with van der Waals surface area (Å²) < 4.78 is 5.29. The Balaban J connectivity index is 2.08. The number of carbonyl (C=O) groups is 2. The number of fused-ring (bicyclic) bond motifs is 1. The zero-order valence-corrected chi connectivity index (χ0v) is 11.6. The molecule has 1 aromatic rings. The van der Waals surface area contributed by atoms with Gasteiger partial charge in [-0.3, -0.25) is 14.9 Å². The van der Waals surface area contributed by atoms with E-state index in [1.165, 1.54) is 0 Å². The molecular weight excluding hydrogens is 254 g/mol. The van der Waals surface area contributed by atoms with Crippen LogP contribution in [0.2, 0.25) is 0 Å². The van der Waals surface area contributed by atoms with Gasteiger partial charge in [-0.15, -0.1) is 0 Å². The van der Waals surface area contributed by atoms with Crippen molar-refractivity contribution in [2.75, 3.05) is 7.11 Å². The fraction of sp³-hybridized carbons (Fsp3) is 0.500. The third-order valence-corrected chi connectivity index (χ3v) is 4.73. The lowest BCUT2D eigenvalue weighted by atomic mass is 9.59.